The van der Waals surface area contributed by atoms with Gasteiger partial charge in [0.2, 0.25) is 0 Å². The Kier molecular flexibility index (Phi) is 7.13. The average Bonchev–Trinajstić information content (AvgIpc) is 2.42. The molecule has 0 aliphatic heterocycles. The number of hydrogen-bond acceptors (Lipinski definition) is 4. The Hall–Kier alpha value is -0.840. The Balaban J connectivity index is 3.03. The maximum absolute atomic E-state index is 4.47. The third kappa shape index (κ3) is 4.34. The van der Waals surface area contributed by atoms with E-state index in [9.17, 15) is 0 Å². The molecule has 0 fully saturated rings. The number of halogens is 1. The summed E-state index contributed by atoms with van der Waals surface area (Å²) in [6.45, 7) is 10.6. The third-order valence-corrected chi connectivity index (χ3v) is 3.99. The van der Waals surface area contributed by atoms with Crippen LogP contribution in [0.5, 0.6) is 0 Å². The van der Waals surface area contributed by atoms with Crippen LogP contribution in [0.4, 0.5) is 11.6 Å². The topological polar surface area (TPSA) is 41.1 Å². The molecule has 0 bridgehead atoms. The largest absolute Gasteiger partial charge is 0.369 e. The second kappa shape index (κ2) is 8.35. The SMILES string of the molecule is CCCCN(c1ncnc(NCC)c1Br)C(C)CC. The molecule has 0 aliphatic rings. The lowest BCUT2D eigenvalue weighted by Gasteiger charge is -2.30. The summed E-state index contributed by atoms with van der Waals surface area (Å²) in [5, 5.41) is 3.26. The van der Waals surface area contributed by atoms with Crippen molar-refractivity contribution in [1.29, 1.82) is 0 Å². The molecule has 0 radical (unpaired) electrons. The zero-order valence-electron chi connectivity index (χ0n) is 12.4. The Bertz CT molecular complexity index is 384. The molecule has 19 heavy (non-hydrogen) atoms. The monoisotopic (exact) mass is 328 g/mol. The first-order valence-corrected chi connectivity index (χ1v) is 7.95. The van der Waals surface area contributed by atoms with Gasteiger partial charge in [-0.15, -0.1) is 0 Å². The van der Waals surface area contributed by atoms with Gasteiger partial charge in [-0.05, 0) is 42.6 Å². The zero-order chi connectivity index (χ0) is 14.3. The van der Waals surface area contributed by atoms with E-state index < -0.39 is 0 Å². The van der Waals surface area contributed by atoms with Crippen LogP contribution in [-0.2, 0) is 0 Å². The van der Waals surface area contributed by atoms with Gasteiger partial charge in [0.15, 0.2) is 0 Å². The Labute approximate surface area is 125 Å². The normalized spacial score (nSPS) is 12.3. The summed E-state index contributed by atoms with van der Waals surface area (Å²) in [6, 6.07) is 0.479. The van der Waals surface area contributed by atoms with Crippen LogP contribution in [0.25, 0.3) is 0 Å². The molecule has 1 aromatic heterocycles. The van der Waals surface area contributed by atoms with Crippen LogP contribution in [0.3, 0.4) is 0 Å². The van der Waals surface area contributed by atoms with E-state index in [0.29, 0.717) is 6.04 Å². The summed E-state index contributed by atoms with van der Waals surface area (Å²) >= 11 is 3.64. The molecule has 1 aromatic rings. The molecule has 0 spiro atoms. The van der Waals surface area contributed by atoms with Gasteiger partial charge in [0.1, 0.15) is 22.4 Å². The summed E-state index contributed by atoms with van der Waals surface area (Å²) in [7, 11) is 0. The average molecular weight is 329 g/mol. The van der Waals surface area contributed by atoms with Gasteiger partial charge in [-0.25, -0.2) is 9.97 Å². The molecule has 4 nitrogen and oxygen atoms in total. The molecule has 108 valence electrons. The van der Waals surface area contributed by atoms with Crippen molar-refractivity contribution in [1.82, 2.24) is 9.97 Å². The summed E-state index contributed by atoms with van der Waals surface area (Å²) in [5.74, 6) is 1.87. The van der Waals surface area contributed by atoms with Gasteiger partial charge in [-0.1, -0.05) is 20.3 Å². The lowest BCUT2D eigenvalue weighted by Crippen LogP contribution is -2.34. The maximum atomic E-state index is 4.47. The fourth-order valence-electron chi connectivity index (χ4n) is 1.94. The number of rotatable bonds is 8. The standard InChI is InChI=1S/C14H25BrN4/c1-5-8-9-19(11(4)6-2)14-12(15)13(16-7-3)17-10-18-14/h10-11H,5-9H2,1-4H3,(H,16,17,18). The van der Waals surface area contributed by atoms with Gasteiger partial charge in [0, 0.05) is 19.1 Å². The Morgan fingerprint density at radius 3 is 2.63 bits per heavy atom. The molecule has 1 atom stereocenters. The maximum Gasteiger partial charge on any atom is 0.148 e. The highest BCUT2D eigenvalue weighted by Gasteiger charge is 2.18. The van der Waals surface area contributed by atoms with E-state index in [0.717, 1.165) is 35.6 Å². The summed E-state index contributed by atoms with van der Waals surface area (Å²) in [4.78, 5) is 11.1. The smallest absolute Gasteiger partial charge is 0.148 e. The predicted octanol–water partition coefficient (Wildman–Crippen LogP) is 4.08. The quantitative estimate of drug-likeness (QED) is 0.780. The first-order chi connectivity index (χ1) is 9.15. The molecule has 1 N–H and O–H groups in total. The fourth-order valence-corrected chi connectivity index (χ4v) is 2.51. The van der Waals surface area contributed by atoms with E-state index in [1.807, 2.05) is 0 Å². The molecular formula is C14H25BrN4. The van der Waals surface area contributed by atoms with Crippen LogP contribution in [0.15, 0.2) is 10.8 Å². The van der Waals surface area contributed by atoms with E-state index in [1.54, 1.807) is 6.33 Å². The first-order valence-electron chi connectivity index (χ1n) is 7.16. The van der Waals surface area contributed by atoms with Gasteiger partial charge >= 0.3 is 0 Å². The summed E-state index contributed by atoms with van der Waals surface area (Å²) in [6.07, 6.45) is 5.11. The van der Waals surface area contributed by atoms with Crippen LogP contribution < -0.4 is 10.2 Å². The van der Waals surface area contributed by atoms with E-state index in [2.05, 4.69) is 63.8 Å². The number of hydrogen-bond donors (Lipinski definition) is 1. The van der Waals surface area contributed by atoms with Gasteiger partial charge in [-0.2, -0.15) is 0 Å². The molecule has 0 aromatic carbocycles. The van der Waals surface area contributed by atoms with Crippen LogP contribution in [-0.4, -0.2) is 29.1 Å². The zero-order valence-corrected chi connectivity index (χ0v) is 14.0. The second-order valence-corrected chi connectivity index (χ2v) is 5.49. The Morgan fingerprint density at radius 2 is 2.05 bits per heavy atom. The van der Waals surface area contributed by atoms with E-state index in [-0.39, 0.29) is 0 Å². The van der Waals surface area contributed by atoms with Gasteiger partial charge in [0.05, 0.1) is 0 Å². The van der Waals surface area contributed by atoms with Gasteiger partial charge in [-0.3, -0.25) is 0 Å². The molecule has 0 saturated carbocycles. The van der Waals surface area contributed by atoms with Crippen molar-refractivity contribution < 1.29 is 0 Å². The van der Waals surface area contributed by atoms with Gasteiger partial charge < -0.3 is 10.2 Å². The first kappa shape index (κ1) is 16.2. The van der Waals surface area contributed by atoms with Crippen LogP contribution >= 0.6 is 15.9 Å². The third-order valence-electron chi connectivity index (χ3n) is 3.26. The van der Waals surface area contributed by atoms with Crippen molar-refractivity contribution >= 4 is 27.6 Å². The lowest BCUT2D eigenvalue weighted by molar-refractivity contribution is 0.588. The number of aromatic nitrogens is 2. The van der Waals surface area contributed by atoms with Crippen molar-refractivity contribution in [3.63, 3.8) is 0 Å². The summed E-state index contributed by atoms with van der Waals surface area (Å²) < 4.78 is 0.966. The molecule has 0 saturated heterocycles. The number of nitrogens with one attached hydrogen (secondary N) is 1. The summed E-state index contributed by atoms with van der Waals surface area (Å²) in [5.41, 5.74) is 0. The van der Waals surface area contributed by atoms with E-state index in [1.165, 1.54) is 12.8 Å². The minimum atomic E-state index is 0.479. The van der Waals surface area contributed by atoms with E-state index in [4.69, 9.17) is 0 Å². The highest BCUT2D eigenvalue weighted by molar-refractivity contribution is 9.10. The highest BCUT2D eigenvalue weighted by Crippen LogP contribution is 2.31. The minimum Gasteiger partial charge on any atom is -0.369 e. The van der Waals surface area contributed by atoms with Crippen molar-refractivity contribution in [2.45, 2.75) is 53.0 Å². The van der Waals surface area contributed by atoms with Crippen LogP contribution in [0.2, 0.25) is 0 Å². The number of anilines is 2. The highest BCUT2D eigenvalue weighted by atomic mass is 79.9. The van der Waals surface area contributed by atoms with Crippen molar-refractivity contribution in [3.05, 3.63) is 10.8 Å². The molecule has 5 heteroatoms. The second-order valence-electron chi connectivity index (χ2n) is 4.69. The van der Waals surface area contributed by atoms with E-state index >= 15 is 0 Å². The van der Waals surface area contributed by atoms with Gasteiger partial charge in [0.25, 0.3) is 0 Å². The van der Waals surface area contributed by atoms with Crippen molar-refractivity contribution in [2.75, 3.05) is 23.3 Å². The predicted molar refractivity (Wildman–Crippen MR) is 85.9 cm³/mol. The minimum absolute atomic E-state index is 0.479. The van der Waals surface area contributed by atoms with Crippen molar-refractivity contribution in [3.8, 4) is 0 Å². The van der Waals surface area contributed by atoms with Crippen LogP contribution in [0.1, 0.15) is 47.0 Å². The molecule has 0 amide bonds. The Morgan fingerprint density at radius 1 is 1.32 bits per heavy atom. The lowest BCUT2D eigenvalue weighted by atomic mass is 10.2. The van der Waals surface area contributed by atoms with Crippen molar-refractivity contribution in [2.24, 2.45) is 0 Å². The fraction of sp³-hybridized carbons (Fsp3) is 0.714. The molecule has 1 heterocycles. The molecule has 1 unspecified atom stereocenters. The molecule has 0 aliphatic carbocycles. The number of unbranched alkanes of at least 4 members (excludes halogenated alkanes) is 1. The molecular weight excluding hydrogens is 304 g/mol. The number of nitrogens with zero attached hydrogens (tertiary/aromatic N) is 3. The van der Waals surface area contributed by atoms with Crippen LogP contribution in [0, 0.1) is 0 Å². The molecule has 1 rings (SSSR count).